The van der Waals surface area contributed by atoms with Crippen molar-refractivity contribution >= 4 is 17.8 Å². The lowest BCUT2D eigenvalue weighted by Crippen LogP contribution is -2.42. The molecule has 0 fully saturated rings. The molecule has 0 aromatic carbocycles. The molecule has 0 aromatic heterocycles. The molecule has 0 rings (SSSR count). The number of aliphatic hydroxyl groups is 1. The zero-order chi connectivity index (χ0) is 14.3. The van der Waals surface area contributed by atoms with Crippen LogP contribution in [0.3, 0.4) is 0 Å². The lowest BCUT2D eigenvalue weighted by molar-refractivity contribution is -0.147. The largest absolute Gasteiger partial charge is 0.479 e. The molecule has 0 aliphatic rings. The van der Waals surface area contributed by atoms with Crippen molar-refractivity contribution in [3.8, 4) is 0 Å². The minimum absolute atomic E-state index is 0.0394. The van der Waals surface area contributed by atoms with E-state index in [1.165, 1.54) is 0 Å². The summed E-state index contributed by atoms with van der Waals surface area (Å²) in [4.78, 5) is 33.0. The van der Waals surface area contributed by atoms with Gasteiger partial charge >= 0.3 is 5.97 Å². The number of carboxylic acid groups (broad SMARTS) is 1. The molecule has 7 nitrogen and oxygen atoms in total. The number of hydrogen-bond donors (Lipinski definition) is 4. The van der Waals surface area contributed by atoms with E-state index < -0.39 is 23.4 Å². The summed E-state index contributed by atoms with van der Waals surface area (Å²) in [5.74, 6) is -2.00. The van der Waals surface area contributed by atoms with Gasteiger partial charge in [0.2, 0.25) is 11.8 Å². The lowest BCUT2D eigenvalue weighted by Gasteiger charge is -2.17. The number of hydrogen-bond acceptors (Lipinski definition) is 4. The molecule has 0 aliphatic heterocycles. The molecule has 7 heteroatoms. The van der Waals surface area contributed by atoms with Crippen LogP contribution in [0.4, 0.5) is 0 Å². The Morgan fingerprint density at radius 1 is 1.17 bits per heavy atom. The highest BCUT2D eigenvalue weighted by atomic mass is 16.4. The molecule has 104 valence electrons. The number of carboxylic acids is 1. The molecule has 0 spiro atoms. The van der Waals surface area contributed by atoms with Gasteiger partial charge in [0.15, 0.2) is 6.10 Å². The van der Waals surface area contributed by atoms with Crippen molar-refractivity contribution in [3.05, 3.63) is 0 Å². The molecule has 0 aliphatic carbocycles. The van der Waals surface area contributed by atoms with Crippen molar-refractivity contribution in [3.63, 3.8) is 0 Å². The maximum atomic E-state index is 11.4. The maximum absolute atomic E-state index is 11.4. The van der Waals surface area contributed by atoms with Crippen LogP contribution in [-0.2, 0) is 14.4 Å². The highest BCUT2D eigenvalue weighted by molar-refractivity contribution is 5.87. The molecular weight excluding hydrogens is 240 g/mol. The van der Waals surface area contributed by atoms with Gasteiger partial charge in [0, 0.05) is 18.4 Å². The van der Waals surface area contributed by atoms with Crippen LogP contribution in [0, 0.1) is 5.41 Å². The second kappa shape index (κ2) is 6.95. The fraction of sp³-hybridized carbons (Fsp3) is 0.727. The van der Waals surface area contributed by atoms with Crippen LogP contribution in [0.1, 0.15) is 27.2 Å². The molecule has 0 heterocycles. The summed E-state index contributed by atoms with van der Waals surface area (Å²) in [5.41, 5.74) is -0.570. The van der Waals surface area contributed by atoms with Crippen molar-refractivity contribution in [1.29, 1.82) is 0 Å². The van der Waals surface area contributed by atoms with Gasteiger partial charge in [-0.25, -0.2) is 4.79 Å². The first-order chi connectivity index (χ1) is 8.14. The van der Waals surface area contributed by atoms with E-state index in [9.17, 15) is 14.4 Å². The second-order valence-corrected chi connectivity index (χ2v) is 4.93. The summed E-state index contributed by atoms with van der Waals surface area (Å²) in [7, 11) is 0. The Bertz CT molecular complexity index is 322. The summed E-state index contributed by atoms with van der Waals surface area (Å²) in [5, 5.41) is 22.2. The van der Waals surface area contributed by atoms with Gasteiger partial charge in [-0.1, -0.05) is 20.8 Å². The Labute approximate surface area is 106 Å². The molecule has 0 radical (unpaired) electrons. The molecule has 0 aromatic rings. The summed E-state index contributed by atoms with van der Waals surface area (Å²) in [6.07, 6.45) is -1.57. The number of nitrogens with one attached hydrogen (secondary N) is 2. The Morgan fingerprint density at radius 3 is 2.17 bits per heavy atom. The summed E-state index contributed by atoms with van der Waals surface area (Å²) in [6, 6.07) is 0. The normalized spacial score (nSPS) is 12.7. The van der Waals surface area contributed by atoms with Crippen LogP contribution >= 0.6 is 0 Å². The zero-order valence-corrected chi connectivity index (χ0v) is 10.8. The van der Waals surface area contributed by atoms with E-state index in [0.29, 0.717) is 0 Å². The van der Waals surface area contributed by atoms with E-state index in [-0.39, 0.29) is 25.4 Å². The average Bonchev–Trinajstić information content (AvgIpc) is 2.24. The SMILES string of the molecule is CC(C)(C)C(=O)NCC(=O)NCCC(O)C(=O)O. The number of aliphatic carboxylic acids is 1. The number of amides is 2. The van der Waals surface area contributed by atoms with Crippen LogP contribution in [0.25, 0.3) is 0 Å². The number of carbonyl (C=O) groups excluding carboxylic acids is 2. The lowest BCUT2D eigenvalue weighted by atomic mass is 9.96. The topological polar surface area (TPSA) is 116 Å². The van der Waals surface area contributed by atoms with Crippen LogP contribution in [0.2, 0.25) is 0 Å². The first-order valence-corrected chi connectivity index (χ1v) is 5.60. The molecule has 0 saturated carbocycles. The summed E-state index contributed by atoms with van der Waals surface area (Å²) < 4.78 is 0. The Kier molecular flexibility index (Phi) is 6.32. The third kappa shape index (κ3) is 6.85. The standard InChI is InChI=1S/C11H20N2O5/c1-11(2,3)10(18)13-6-8(15)12-5-4-7(14)9(16)17/h7,14H,4-6H2,1-3H3,(H,12,15)(H,13,18)(H,16,17). The van der Waals surface area contributed by atoms with Gasteiger partial charge in [0.1, 0.15) is 0 Å². The van der Waals surface area contributed by atoms with Gasteiger partial charge in [-0.3, -0.25) is 9.59 Å². The van der Waals surface area contributed by atoms with E-state index in [2.05, 4.69) is 10.6 Å². The van der Waals surface area contributed by atoms with Crippen LogP contribution < -0.4 is 10.6 Å². The fourth-order valence-corrected chi connectivity index (χ4v) is 0.960. The fourth-order valence-electron chi connectivity index (χ4n) is 0.960. The number of carbonyl (C=O) groups is 3. The molecule has 0 saturated heterocycles. The third-order valence-corrected chi connectivity index (χ3v) is 2.12. The van der Waals surface area contributed by atoms with Gasteiger partial charge in [0.25, 0.3) is 0 Å². The Balaban J connectivity index is 3.80. The van der Waals surface area contributed by atoms with Crippen LogP contribution in [0.15, 0.2) is 0 Å². The second-order valence-electron chi connectivity index (χ2n) is 4.93. The molecule has 18 heavy (non-hydrogen) atoms. The van der Waals surface area contributed by atoms with Crippen LogP contribution in [-0.4, -0.2) is 47.2 Å². The molecule has 2 amide bonds. The highest BCUT2D eigenvalue weighted by Crippen LogP contribution is 2.11. The van der Waals surface area contributed by atoms with Crippen molar-refractivity contribution < 1.29 is 24.6 Å². The Morgan fingerprint density at radius 2 is 1.72 bits per heavy atom. The first-order valence-electron chi connectivity index (χ1n) is 5.60. The van der Waals surface area contributed by atoms with E-state index in [0.717, 1.165) is 0 Å². The molecule has 4 N–H and O–H groups in total. The van der Waals surface area contributed by atoms with E-state index in [1.807, 2.05) is 0 Å². The predicted molar refractivity (Wildman–Crippen MR) is 63.7 cm³/mol. The number of rotatable bonds is 6. The maximum Gasteiger partial charge on any atom is 0.332 e. The van der Waals surface area contributed by atoms with Gasteiger partial charge in [-0.2, -0.15) is 0 Å². The highest BCUT2D eigenvalue weighted by Gasteiger charge is 2.21. The van der Waals surface area contributed by atoms with Crippen LogP contribution in [0.5, 0.6) is 0 Å². The van der Waals surface area contributed by atoms with E-state index in [1.54, 1.807) is 20.8 Å². The molecule has 1 atom stereocenters. The molecule has 0 bridgehead atoms. The van der Waals surface area contributed by atoms with Gasteiger partial charge in [-0.15, -0.1) is 0 Å². The van der Waals surface area contributed by atoms with Gasteiger partial charge in [0.05, 0.1) is 6.54 Å². The molecule has 1 unspecified atom stereocenters. The first kappa shape index (κ1) is 16.4. The van der Waals surface area contributed by atoms with Crippen molar-refractivity contribution in [2.45, 2.75) is 33.3 Å². The molecular formula is C11H20N2O5. The Hall–Kier alpha value is -1.63. The van der Waals surface area contributed by atoms with E-state index >= 15 is 0 Å². The van der Waals surface area contributed by atoms with Crippen molar-refractivity contribution in [2.75, 3.05) is 13.1 Å². The zero-order valence-electron chi connectivity index (χ0n) is 10.8. The smallest absolute Gasteiger partial charge is 0.332 e. The minimum atomic E-state index is -1.49. The van der Waals surface area contributed by atoms with Gasteiger partial charge in [-0.05, 0) is 0 Å². The average molecular weight is 260 g/mol. The van der Waals surface area contributed by atoms with E-state index in [4.69, 9.17) is 10.2 Å². The van der Waals surface area contributed by atoms with Crippen molar-refractivity contribution in [2.24, 2.45) is 5.41 Å². The van der Waals surface area contributed by atoms with Crippen molar-refractivity contribution in [1.82, 2.24) is 10.6 Å². The monoisotopic (exact) mass is 260 g/mol. The van der Waals surface area contributed by atoms with Gasteiger partial charge < -0.3 is 20.8 Å². The summed E-state index contributed by atoms with van der Waals surface area (Å²) in [6.45, 7) is 5.05. The summed E-state index contributed by atoms with van der Waals surface area (Å²) >= 11 is 0. The number of aliphatic hydroxyl groups excluding tert-OH is 1. The third-order valence-electron chi connectivity index (χ3n) is 2.12. The quantitative estimate of drug-likeness (QED) is 0.494. The minimum Gasteiger partial charge on any atom is -0.479 e. The predicted octanol–water partition coefficient (Wildman–Crippen LogP) is -0.899.